The Morgan fingerprint density at radius 1 is 0.960 bits per heavy atom. The molecule has 0 fully saturated rings. The van der Waals surface area contributed by atoms with Crippen molar-refractivity contribution in [2.75, 3.05) is 13.1 Å². The number of aliphatic carboxylic acids is 1. The third-order valence-corrected chi connectivity index (χ3v) is 3.07. The number of carboxylic acid groups (broad SMARTS) is 1. The molecule has 0 saturated heterocycles. The van der Waals surface area contributed by atoms with E-state index in [9.17, 15) is 19.2 Å². The minimum Gasteiger partial charge on any atom is -0.480 e. The SMILES string of the molecule is NC(N)C(=O)NCC(=O)N[C@@H](Cc1ccccc1)C(=O)NCC(=O)O. The van der Waals surface area contributed by atoms with Crippen molar-refractivity contribution < 1.29 is 24.3 Å². The van der Waals surface area contributed by atoms with Crippen LogP contribution in [0.4, 0.5) is 0 Å². The summed E-state index contributed by atoms with van der Waals surface area (Å²) in [5.41, 5.74) is 11.1. The molecule has 1 atom stereocenters. The van der Waals surface area contributed by atoms with Crippen LogP contribution in [-0.4, -0.2) is 54.1 Å². The number of rotatable bonds is 9. The van der Waals surface area contributed by atoms with Gasteiger partial charge >= 0.3 is 5.97 Å². The van der Waals surface area contributed by atoms with E-state index >= 15 is 0 Å². The van der Waals surface area contributed by atoms with Gasteiger partial charge < -0.3 is 32.5 Å². The number of carboxylic acids is 1. The number of nitrogens with two attached hydrogens (primary N) is 2. The molecule has 0 aliphatic heterocycles. The highest BCUT2D eigenvalue weighted by Crippen LogP contribution is 2.03. The smallest absolute Gasteiger partial charge is 0.322 e. The summed E-state index contributed by atoms with van der Waals surface area (Å²) in [6, 6.07) is 7.86. The van der Waals surface area contributed by atoms with Crippen LogP contribution < -0.4 is 27.4 Å². The van der Waals surface area contributed by atoms with E-state index in [0.717, 1.165) is 5.56 Å². The van der Waals surface area contributed by atoms with Gasteiger partial charge in [0.1, 0.15) is 18.8 Å². The summed E-state index contributed by atoms with van der Waals surface area (Å²) < 4.78 is 0. The fourth-order valence-corrected chi connectivity index (χ4v) is 1.88. The largest absolute Gasteiger partial charge is 0.480 e. The monoisotopic (exact) mass is 351 g/mol. The molecule has 0 bridgehead atoms. The number of nitrogens with one attached hydrogen (secondary N) is 3. The third-order valence-electron chi connectivity index (χ3n) is 3.07. The lowest BCUT2D eigenvalue weighted by Crippen LogP contribution is -2.53. The summed E-state index contributed by atoms with van der Waals surface area (Å²) in [6.07, 6.45) is -1.10. The van der Waals surface area contributed by atoms with Crippen LogP contribution in [0.3, 0.4) is 0 Å². The van der Waals surface area contributed by atoms with Crippen molar-refractivity contribution in [1.29, 1.82) is 0 Å². The van der Waals surface area contributed by atoms with Crippen LogP contribution in [0.25, 0.3) is 0 Å². The fraction of sp³-hybridized carbons (Fsp3) is 0.333. The van der Waals surface area contributed by atoms with Crippen LogP contribution in [0.1, 0.15) is 5.56 Å². The van der Waals surface area contributed by atoms with Crippen LogP contribution in [0.5, 0.6) is 0 Å². The molecule has 1 aromatic carbocycles. The Kier molecular flexibility index (Phi) is 8.03. The number of benzene rings is 1. The average Bonchev–Trinajstić information content (AvgIpc) is 2.57. The Labute approximate surface area is 143 Å². The molecule has 0 unspecified atom stereocenters. The highest BCUT2D eigenvalue weighted by atomic mass is 16.4. The molecule has 25 heavy (non-hydrogen) atoms. The van der Waals surface area contributed by atoms with Gasteiger partial charge in [-0.1, -0.05) is 30.3 Å². The van der Waals surface area contributed by atoms with Gasteiger partial charge in [0.2, 0.25) is 11.8 Å². The predicted molar refractivity (Wildman–Crippen MR) is 87.9 cm³/mol. The maximum atomic E-state index is 12.1. The maximum absolute atomic E-state index is 12.1. The molecule has 0 aliphatic rings. The van der Waals surface area contributed by atoms with Crippen molar-refractivity contribution >= 4 is 23.7 Å². The maximum Gasteiger partial charge on any atom is 0.322 e. The van der Waals surface area contributed by atoms with E-state index in [-0.39, 0.29) is 6.42 Å². The first-order valence-electron chi connectivity index (χ1n) is 7.41. The van der Waals surface area contributed by atoms with Gasteiger partial charge in [0.05, 0.1) is 6.54 Å². The Hall–Kier alpha value is -2.98. The van der Waals surface area contributed by atoms with E-state index in [1.165, 1.54) is 0 Å². The molecule has 1 rings (SSSR count). The zero-order valence-electron chi connectivity index (χ0n) is 13.4. The molecule has 0 spiro atoms. The van der Waals surface area contributed by atoms with E-state index in [1.807, 2.05) is 0 Å². The highest BCUT2D eigenvalue weighted by molar-refractivity contribution is 5.91. The average molecular weight is 351 g/mol. The highest BCUT2D eigenvalue weighted by Gasteiger charge is 2.22. The molecule has 0 radical (unpaired) electrons. The van der Waals surface area contributed by atoms with Gasteiger partial charge in [-0.3, -0.25) is 19.2 Å². The van der Waals surface area contributed by atoms with Gasteiger partial charge in [-0.25, -0.2) is 0 Å². The van der Waals surface area contributed by atoms with Crippen LogP contribution in [0.15, 0.2) is 30.3 Å². The Bertz CT molecular complexity index is 620. The van der Waals surface area contributed by atoms with Crippen LogP contribution in [0, 0.1) is 0 Å². The van der Waals surface area contributed by atoms with Gasteiger partial charge in [-0.15, -0.1) is 0 Å². The summed E-state index contributed by atoms with van der Waals surface area (Å²) in [4.78, 5) is 45.9. The molecule has 10 heteroatoms. The van der Waals surface area contributed by atoms with Crippen LogP contribution in [0.2, 0.25) is 0 Å². The quantitative estimate of drug-likeness (QED) is 0.262. The molecule has 0 saturated carbocycles. The first kappa shape index (κ1) is 20.1. The summed E-state index contributed by atoms with van der Waals surface area (Å²) in [6.45, 7) is -0.986. The zero-order valence-corrected chi connectivity index (χ0v) is 13.4. The molecule has 10 nitrogen and oxygen atoms in total. The lowest BCUT2D eigenvalue weighted by atomic mass is 10.1. The molecule has 1 aromatic rings. The Morgan fingerprint density at radius 2 is 1.56 bits per heavy atom. The second-order valence-corrected chi connectivity index (χ2v) is 5.16. The first-order valence-corrected chi connectivity index (χ1v) is 7.41. The zero-order chi connectivity index (χ0) is 18.8. The first-order chi connectivity index (χ1) is 11.8. The molecule has 0 aliphatic carbocycles. The number of amides is 3. The topological polar surface area (TPSA) is 177 Å². The lowest BCUT2D eigenvalue weighted by Gasteiger charge is -2.18. The molecule has 0 aromatic heterocycles. The van der Waals surface area contributed by atoms with E-state index in [2.05, 4.69) is 16.0 Å². The fourth-order valence-electron chi connectivity index (χ4n) is 1.88. The Balaban J connectivity index is 2.69. The normalized spacial score (nSPS) is 11.5. The second kappa shape index (κ2) is 10.0. The van der Waals surface area contributed by atoms with E-state index in [0.29, 0.717) is 0 Å². The second-order valence-electron chi connectivity index (χ2n) is 5.16. The molecule has 0 heterocycles. The standard InChI is InChI=1S/C15H21N5O5/c16-13(17)15(25)18-7-11(21)20-10(14(24)19-8-12(22)23)6-9-4-2-1-3-5-9/h1-5,10,13H,6-8,16-17H2,(H,18,25)(H,19,24)(H,20,21)(H,22,23)/t10-/m0/s1. The lowest BCUT2D eigenvalue weighted by molar-refractivity contribution is -0.138. The van der Waals surface area contributed by atoms with Gasteiger partial charge in [-0.05, 0) is 5.56 Å². The van der Waals surface area contributed by atoms with Gasteiger partial charge in [0, 0.05) is 6.42 Å². The number of carbonyl (C=O) groups is 4. The number of hydrogen-bond acceptors (Lipinski definition) is 6. The minimum absolute atomic E-state index is 0.155. The van der Waals surface area contributed by atoms with Crippen molar-refractivity contribution in [3.63, 3.8) is 0 Å². The number of carbonyl (C=O) groups excluding carboxylic acids is 3. The van der Waals surface area contributed by atoms with Gasteiger partial charge in [-0.2, -0.15) is 0 Å². The van der Waals surface area contributed by atoms with Crippen LogP contribution >= 0.6 is 0 Å². The molecular weight excluding hydrogens is 330 g/mol. The summed E-state index contributed by atoms with van der Waals surface area (Å²) in [5, 5.41) is 15.5. The molecule has 8 N–H and O–H groups in total. The van der Waals surface area contributed by atoms with Gasteiger partial charge in [0.15, 0.2) is 0 Å². The van der Waals surface area contributed by atoms with Crippen molar-refractivity contribution in [3.8, 4) is 0 Å². The van der Waals surface area contributed by atoms with Crippen molar-refractivity contribution in [2.24, 2.45) is 11.5 Å². The molecular formula is C15H21N5O5. The summed E-state index contributed by atoms with van der Waals surface area (Å²) >= 11 is 0. The Morgan fingerprint density at radius 3 is 2.12 bits per heavy atom. The van der Waals surface area contributed by atoms with Crippen molar-refractivity contribution in [3.05, 3.63) is 35.9 Å². The number of hydrogen-bond donors (Lipinski definition) is 6. The van der Waals surface area contributed by atoms with Crippen LogP contribution in [-0.2, 0) is 25.6 Å². The summed E-state index contributed by atoms with van der Waals surface area (Å²) in [5.74, 6) is -3.21. The van der Waals surface area contributed by atoms with E-state index < -0.39 is 49.0 Å². The van der Waals surface area contributed by atoms with Gasteiger partial charge in [0.25, 0.3) is 5.91 Å². The minimum atomic E-state index is -1.26. The molecule has 136 valence electrons. The third kappa shape index (κ3) is 7.90. The van der Waals surface area contributed by atoms with E-state index in [1.54, 1.807) is 30.3 Å². The van der Waals surface area contributed by atoms with Crippen molar-refractivity contribution in [1.82, 2.24) is 16.0 Å². The van der Waals surface area contributed by atoms with E-state index in [4.69, 9.17) is 16.6 Å². The van der Waals surface area contributed by atoms with Crippen molar-refractivity contribution in [2.45, 2.75) is 18.6 Å². The predicted octanol–water partition coefficient (Wildman–Crippen LogP) is -2.73. The summed E-state index contributed by atoms with van der Waals surface area (Å²) in [7, 11) is 0. The molecule has 3 amide bonds.